The van der Waals surface area contributed by atoms with Crippen molar-refractivity contribution in [2.24, 2.45) is 11.3 Å². The molecule has 0 spiro atoms. The Balaban J connectivity index is 1.90. The summed E-state index contributed by atoms with van der Waals surface area (Å²) in [4.78, 5) is 2.34. The fourth-order valence-electron chi connectivity index (χ4n) is 3.31. The normalized spacial score (nSPS) is 26.6. The molecular formula is C17H27NO. The van der Waals surface area contributed by atoms with Crippen LogP contribution < -0.4 is 0 Å². The molecule has 0 radical (unpaired) electrons. The van der Waals surface area contributed by atoms with Crippen molar-refractivity contribution in [3.8, 4) is 0 Å². The molecule has 1 fully saturated rings. The lowest BCUT2D eigenvalue weighted by Gasteiger charge is -2.42. The van der Waals surface area contributed by atoms with Gasteiger partial charge in [0.15, 0.2) is 0 Å². The molecule has 1 aliphatic carbocycles. The van der Waals surface area contributed by atoms with Gasteiger partial charge in [-0.05, 0) is 36.8 Å². The minimum atomic E-state index is -0.167. The second-order valence-corrected chi connectivity index (χ2v) is 6.77. The molecule has 2 rings (SSSR count). The van der Waals surface area contributed by atoms with Gasteiger partial charge in [-0.1, -0.05) is 50.6 Å². The van der Waals surface area contributed by atoms with Crippen molar-refractivity contribution in [3.05, 3.63) is 35.9 Å². The summed E-state index contributed by atoms with van der Waals surface area (Å²) < 4.78 is 0. The highest BCUT2D eigenvalue weighted by Gasteiger charge is 2.37. The van der Waals surface area contributed by atoms with Crippen LogP contribution in [0, 0.1) is 11.3 Å². The maximum Gasteiger partial charge on any atom is 0.0631 e. The van der Waals surface area contributed by atoms with E-state index >= 15 is 0 Å². The Bertz CT molecular complexity index is 388. The summed E-state index contributed by atoms with van der Waals surface area (Å²) >= 11 is 0. The summed E-state index contributed by atoms with van der Waals surface area (Å²) in [7, 11) is 2.15. The van der Waals surface area contributed by atoms with Gasteiger partial charge in [-0.15, -0.1) is 0 Å². The molecule has 2 heteroatoms. The molecule has 0 aromatic heterocycles. The zero-order chi connectivity index (χ0) is 13.9. The number of rotatable bonds is 4. The molecule has 0 heterocycles. The molecule has 0 saturated heterocycles. The first-order valence-electron chi connectivity index (χ1n) is 7.39. The summed E-state index contributed by atoms with van der Waals surface area (Å²) in [6, 6.07) is 10.6. The summed E-state index contributed by atoms with van der Waals surface area (Å²) in [5, 5.41) is 10.5. The van der Waals surface area contributed by atoms with Crippen LogP contribution in [0.2, 0.25) is 0 Å². The summed E-state index contributed by atoms with van der Waals surface area (Å²) in [5.74, 6) is 0.414. The Morgan fingerprint density at radius 3 is 2.63 bits per heavy atom. The maximum atomic E-state index is 10.5. The molecule has 2 unspecified atom stereocenters. The third kappa shape index (κ3) is 3.80. The van der Waals surface area contributed by atoms with Crippen LogP contribution in [0.3, 0.4) is 0 Å². The fourth-order valence-corrected chi connectivity index (χ4v) is 3.31. The molecule has 0 amide bonds. The Kier molecular flexibility index (Phi) is 4.64. The van der Waals surface area contributed by atoms with E-state index in [1.165, 1.54) is 12.0 Å². The van der Waals surface area contributed by atoms with Gasteiger partial charge >= 0.3 is 0 Å². The molecule has 0 aliphatic heterocycles. The van der Waals surface area contributed by atoms with Gasteiger partial charge in [0.2, 0.25) is 0 Å². The average molecular weight is 261 g/mol. The SMILES string of the molecule is CN(Cc1ccccc1)CC1CCCC(C)(C)C1O. The van der Waals surface area contributed by atoms with Crippen LogP contribution in [0.4, 0.5) is 0 Å². The number of aliphatic hydroxyl groups excluding tert-OH is 1. The van der Waals surface area contributed by atoms with Crippen LogP contribution in [-0.4, -0.2) is 29.7 Å². The van der Waals surface area contributed by atoms with E-state index in [4.69, 9.17) is 0 Å². The number of hydrogen-bond donors (Lipinski definition) is 1. The smallest absolute Gasteiger partial charge is 0.0631 e. The Morgan fingerprint density at radius 1 is 1.26 bits per heavy atom. The topological polar surface area (TPSA) is 23.5 Å². The standard InChI is InChI=1S/C17H27NO/c1-17(2)11-7-10-15(16(17)19)13-18(3)12-14-8-5-4-6-9-14/h4-6,8-9,15-16,19H,7,10-13H2,1-3H3. The van der Waals surface area contributed by atoms with E-state index in [0.717, 1.165) is 25.9 Å². The number of aliphatic hydroxyl groups is 1. The van der Waals surface area contributed by atoms with E-state index in [1.54, 1.807) is 0 Å². The van der Waals surface area contributed by atoms with Gasteiger partial charge in [-0.2, -0.15) is 0 Å². The Morgan fingerprint density at radius 2 is 1.95 bits per heavy atom. The second kappa shape index (κ2) is 6.06. The van der Waals surface area contributed by atoms with Gasteiger partial charge in [0.1, 0.15) is 0 Å². The first kappa shape index (κ1) is 14.5. The van der Waals surface area contributed by atoms with Crippen LogP contribution in [0.25, 0.3) is 0 Å². The first-order chi connectivity index (χ1) is 8.99. The van der Waals surface area contributed by atoms with Gasteiger partial charge in [-0.25, -0.2) is 0 Å². The molecule has 2 nitrogen and oxygen atoms in total. The van der Waals surface area contributed by atoms with Crippen molar-refractivity contribution in [2.75, 3.05) is 13.6 Å². The first-order valence-corrected chi connectivity index (χ1v) is 7.39. The van der Waals surface area contributed by atoms with E-state index in [-0.39, 0.29) is 11.5 Å². The highest BCUT2D eigenvalue weighted by molar-refractivity contribution is 5.14. The predicted octanol–water partition coefficient (Wildman–Crippen LogP) is 3.31. The molecule has 106 valence electrons. The number of nitrogens with zero attached hydrogens (tertiary/aromatic N) is 1. The van der Waals surface area contributed by atoms with Crippen molar-refractivity contribution < 1.29 is 5.11 Å². The molecule has 1 saturated carbocycles. The van der Waals surface area contributed by atoms with E-state index in [1.807, 2.05) is 0 Å². The molecule has 1 aliphatic rings. The van der Waals surface area contributed by atoms with E-state index in [0.29, 0.717) is 5.92 Å². The molecule has 1 aromatic rings. The van der Waals surface area contributed by atoms with Gasteiger partial charge in [-0.3, -0.25) is 0 Å². The van der Waals surface area contributed by atoms with Crippen molar-refractivity contribution in [1.29, 1.82) is 0 Å². The minimum absolute atomic E-state index is 0.0799. The predicted molar refractivity (Wildman–Crippen MR) is 79.9 cm³/mol. The zero-order valence-corrected chi connectivity index (χ0v) is 12.5. The lowest BCUT2D eigenvalue weighted by atomic mass is 9.69. The van der Waals surface area contributed by atoms with Crippen LogP contribution in [0.15, 0.2) is 30.3 Å². The van der Waals surface area contributed by atoms with Gasteiger partial charge < -0.3 is 10.0 Å². The van der Waals surface area contributed by atoms with Gasteiger partial charge in [0.05, 0.1) is 6.10 Å². The second-order valence-electron chi connectivity index (χ2n) is 6.77. The van der Waals surface area contributed by atoms with Crippen molar-refractivity contribution in [2.45, 2.75) is 45.8 Å². The number of benzene rings is 1. The maximum absolute atomic E-state index is 10.5. The minimum Gasteiger partial charge on any atom is -0.392 e. The van der Waals surface area contributed by atoms with Crippen LogP contribution in [0.5, 0.6) is 0 Å². The fraction of sp³-hybridized carbons (Fsp3) is 0.647. The van der Waals surface area contributed by atoms with Crippen LogP contribution in [0.1, 0.15) is 38.7 Å². The van der Waals surface area contributed by atoms with Crippen molar-refractivity contribution >= 4 is 0 Å². The summed E-state index contributed by atoms with van der Waals surface area (Å²) in [6.45, 7) is 6.34. The lowest BCUT2D eigenvalue weighted by molar-refractivity contribution is -0.0414. The lowest BCUT2D eigenvalue weighted by Crippen LogP contribution is -2.44. The van der Waals surface area contributed by atoms with E-state index in [9.17, 15) is 5.11 Å². The quantitative estimate of drug-likeness (QED) is 0.899. The van der Waals surface area contributed by atoms with E-state index in [2.05, 4.69) is 56.1 Å². The Labute approximate surface area is 117 Å². The Hall–Kier alpha value is -0.860. The van der Waals surface area contributed by atoms with Crippen LogP contribution >= 0.6 is 0 Å². The highest BCUT2D eigenvalue weighted by Crippen LogP contribution is 2.39. The molecule has 0 bridgehead atoms. The monoisotopic (exact) mass is 261 g/mol. The third-order valence-electron chi connectivity index (χ3n) is 4.48. The summed E-state index contributed by atoms with van der Waals surface area (Å²) in [5.41, 5.74) is 1.42. The third-order valence-corrected chi connectivity index (χ3v) is 4.48. The average Bonchev–Trinajstić information content (AvgIpc) is 2.36. The van der Waals surface area contributed by atoms with Gasteiger partial charge in [0, 0.05) is 13.1 Å². The molecule has 1 aromatic carbocycles. The zero-order valence-electron chi connectivity index (χ0n) is 12.5. The highest BCUT2D eigenvalue weighted by atomic mass is 16.3. The molecule has 19 heavy (non-hydrogen) atoms. The van der Waals surface area contributed by atoms with Crippen molar-refractivity contribution in [3.63, 3.8) is 0 Å². The number of hydrogen-bond acceptors (Lipinski definition) is 2. The summed E-state index contributed by atoms with van der Waals surface area (Å²) in [6.07, 6.45) is 3.38. The van der Waals surface area contributed by atoms with Crippen molar-refractivity contribution in [1.82, 2.24) is 4.90 Å². The van der Waals surface area contributed by atoms with Gasteiger partial charge in [0.25, 0.3) is 0 Å². The molecule has 2 atom stereocenters. The molecular weight excluding hydrogens is 234 g/mol. The van der Waals surface area contributed by atoms with E-state index < -0.39 is 0 Å². The molecule has 1 N–H and O–H groups in total. The van der Waals surface area contributed by atoms with Crippen LogP contribution in [-0.2, 0) is 6.54 Å². The largest absolute Gasteiger partial charge is 0.392 e.